The summed E-state index contributed by atoms with van der Waals surface area (Å²) in [5.74, 6) is 1.20. The van der Waals surface area contributed by atoms with Crippen molar-refractivity contribution in [1.82, 2.24) is 9.97 Å². The number of halogens is 1. The fourth-order valence-electron chi connectivity index (χ4n) is 0.901. The third kappa shape index (κ3) is 3.59. The number of unbranched alkanes of at least 4 members (excludes halogenated alkanes) is 1. The molecule has 0 aliphatic carbocycles. The molecule has 1 heterocycles. The molecule has 0 saturated carbocycles. The zero-order valence-electron chi connectivity index (χ0n) is 7.88. The second-order valence-electron chi connectivity index (χ2n) is 2.78. The minimum absolute atomic E-state index is 0.430. The van der Waals surface area contributed by atoms with Gasteiger partial charge in [-0.15, -0.1) is 0 Å². The molecule has 0 aliphatic heterocycles. The molecule has 72 valence electrons. The molecular weight excluding hydrogens is 188 g/mol. The molecule has 13 heavy (non-hydrogen) atoms. The van der Waals surface area contributed by atoms with Crippen molar-refractivity contribution < 1.29 is 4.74 Å². The summed E-state index contributed by atoms with van der Waals surface area (Å²) in [5.41, 5.74) is 0. The lowest BCUT2D eigenvalue weighted by Gasteiger charge is -2.04. The third-order valence-corrected chi connectivity index (χ3v) is 1.72. The Labute approximate surface area is 83.1 Å². The van der Waals surface area contributed by atoms with Crippen LogP contribution in [0.1, 0.15) is 25.6 Å². The molecule has 0 spiro atoms. The van der Waals surface area contributed by atoms with Crippen molar-refractivity contribution in [3.05, 3.63) is 17.0 Å². The summed E-state index contributed by atoms with van der Waals surface area (Å²) in [7, 11) is 0. The lowest BCUT2D eigenvalue weighted by atomic mass is 10.4. The number of hydrogen-bond acceptors (Lipinski definition) is 3. The number of hydrogen-bond donors (Lipinski definition) is 0. The summed E-state index contributed by atoms with van der Waals surface area (Å²) >= 11 is 5.73. The molecule has 0 amide bonds. The van der Waals surface area contributed by atoms with E-state index in [1.54, 1.807) is 13.0 Å². The minimum atomic E-state index is 0.430. The minimum Gasteiger partial charge on any atom is -0.478 e. The monoisotopic (exact) mass is 200 g/mol. The van der Waals surface area contributed by atoms with E-state index < -0.39 is 0 Å². The molecular formula is C9H13ClN2O. The van der Waals surface area contributed by atoms with Gasteiger partial charge in [0.2, 0.25) is 5.88 Å². The van der Waals surface area contributed by atoms with Gasteiger partial charge in [0.1, 0.15) is 11.0 Å². The number of aromatic nitrogens is 2. The maximum absolute atomic E-state index is 5.73. The van der Waals surface area contributed by atoms with Crippen molar-refractivity contribution in [2.24, 2.45) is 0 Å². The van der Waals surface area contributed by atoms with Gasteiger partial charge in [-0.25, -0.2) is 4.98 Å². The van der Waals surface area contributed by atoms with Gasteiger partial charge in [-0.05, 0) is 13.3 Å². The SMILES string of the molecule is CCCCOc1cc(Cl)nc(C)n1. The first-order valence-electron chi connectivity index (χ1n) is 4.36. The van der Waals surface area contributed by atoms with Crippen LogP contribution in [0.15, 0.2) is 6.07 Å². The zero-order chi connectivity index (χ0) is 9.68. The van der Waals surface area contributed by atoms with Crippen molar-refractivity contribution >= 4 is 11.6 Å². The molecule has 0 aliphatic rings. The van der Waals surface area contributed by atoms with Crippen LogP contribution in [0, 0.1) is 6.92 Å². The van der Waals surface area contributed by atoms with Gasteiger partial charge in [0.15, 0.2) is 0 Å². The van der Waals surface area contributed by atoms with Crippen molar-refractivity contribution in [3.63, 3.8) is 0 Å². The number of rotatable bonds is 4. The van der Waals surface area contributed by atoms with E-state index in [0.29, 0.717) is 23.5 Å². The van der Waals surface area contributed by atoms with Crippen LogP contribution in [0.5, 0.6) is 5.88 Å². The number of ether oxygens (including phenoxy) is 1. The van der Waals surface area contributed by atoms with Crippen LogP contribution in [0.2, 0.25) is 5.15 Å². The Morgan fingerprint density at radius 2 is 2.23 bits per heavy atom. The summed E-state index contributed by atoms with van der Waals surface area (Å²) in [6, 6.07) is 1.63. The first kappa shape index (κ1) is 10.3. The molecule has 0 N–H and O–H groups in total. The zero-order valence-corrected chi connectivity index (χ0v) is 8.64. The average Bonchev–Trinajstić information content (AvgIpc) is 2.03. The lowest BCUT2D eigenvalue weighted by Crippen LogP contribution is -2.00. The molecule has 0 saturated heterocycles. The van der Waals surface area contributed by atoms with Crippen LogP contribution >= 0.6 is 11.6 Å². The van der Waals surface area contributed by atoms with E-state index in [1.165, 1.54) is 0 Å². The molecule has 0 radical (unpaired) electrons. The largest absolute Gasteiger partial charge is 0.478 e. The van der Waals surface area contributed by atoms with Gasteiger partial charge in [0, 0.05) is 6.07 Å². The summed E-state index contributed by atoms with van der Waals surface area (Å²) in [6.07, 6.45) is 2.14. The molecule has 0 fully saturated rings. The van der Waals surface area contributed by atoms with Crippen molar-refractivity contribution in [3.8, 4) is 5.88 Å². The Bertz CT molecular complexity index is 258. The van der Waals surface area contributed by atoms with Crippen LogP contribution in [0.3, 0.4) is 0 Å². The lowest BCUT2D eigenvalue weighted by molar-refractivity contribution is 0.296. The maximum atomic E-state index is 5.73. The van der Waals surface area contributed by atoms with Gasteiger partial charge in [0.25, 0.3) is 0 Å². The predicted molar refractivity (Wildman–Crippen MR) is 52.2 cm³/mol. The first-order chi connectivity index (χ1) is 6.22. The smallest absolute Gasteiger partial charge is 0.218 e. The maximum Gasteiger partial charge on any atom is 0.218 e. The molecule has 1 aromatic heterocycles. The summed E-state index contributed by atoms with van der Waals surface area (Å²) in [5, 5.41) is 0.430. The van der Waals surface area contributed by atoms with E-state index in [1.807, 2.05) is 0 Å². The van der Waals surface area contributed by atoms with Crippen LogP contribution in [0.25, 0.3) is 0 Å². The highest BCUT2D eigenvalue weighted by molar-refractivity contribution is 6.29. The van der Waals surface area contributed by atoms with Crippen LogP contribution in [-0.4, -0.2) is 16.6 Å². The van der Waals surface area contributed by atoms with Gasteiger partial charge < -0.3 is 4.74 Å². The summed E-state index contributed by atoms with van der Waals surface area (Å²) in [6.45, 7) is 4.59. The molecule has 0 unspecified atom stereocenters. The van der Waals surface area contributed by atoms with Crippen LogP contribution < -0.4 is 4.74 Å². The fraction of sp³-hybridized carbons (Fsp3) is 0.556. The van der Waals surface area contributed by atoms with Crippen molar-refractivity contribution in [2.75, 3.05) is 6.61 Å². The molecule has 3 nitrogen and oxygen atoms in total. The molecule has 1 rings (SSSR count). The van der Waals surface area contributed by atoms with E-state index in [9.17, 15) is 0 Å². The van der Waals surface area contributed by atoms with Crippen molar-refractivity contribution in [1.29, 1.82) is 0 Å². The van der Waals surface area contributed by atoms with Crippen molar-refractivity contribution in [2.45, 2.75) is 26.7 Å². The normalized spacial score (nSPS) is 10.1. The predicted octanol–water partition coefficient (Wildman–Crippen LogP) is 2.62. The van der Waals surface area contributed by atoms with Crippen LogP contribution in [0.4, 0.5) is 0 Å². The second kappa shape index (κ2) is 5.02. The highest BCUT2D eigenvalue weighted by Gasteiger charge is 1.99. The summed E-state index contributed by atoms with van der Waals surface area (Å²) < 4.78 is 5.37. The Kier molecular flexibility index (Phi) is 3.96. The third-order valence-electron chi connectivity index (χ3n) is 1.53. The second-order valence-corrected chi connectivity index (χ2v) is 3.17. The van der Waals surface area contributed by atoms with Gasteiger partial charge in [-0.2, -0.15) is 4.98 Å². The Hall–Kier alpha value is -0.830. The number of nitrogens with zero attached hydrogens (tertiary/aromatic N) is 2. The summed E-state index contributed by atoms with van der Waals surface area (Å²) in [4.78, 5) is 8.02. The quantitative estimate of drug-likeness (QED) is 0.554. The Morgan fingerprint density at radius 1 is 1.46 bits per heavy atom. The van der Waals surface area contributed by atoms with E-state index in [2.05, 4.69) is 16.9 Å². The van der Waals surface area contributed by atoms with Crippen LogP contribution in [-0.2, 0) is 0 Å². The van der Waals surface area contributed by atoms with E-state index in [4.69, 9.17) is 16.3 Å². The molecule has 0 aromatic carbocycles. The molecule has 1 aromatic rings. The van der Waals surface area contributed by atoms with Gasteiger partial charge in [0.05, 0.1) is 6.61 Å². The molecule has 4 heteroatoms. The Morgan fingerprint density at radius 3 is 2.85 bits per heavy atom. The molecule has 0 bridgehead atoms. The molecule has 0 atom stereocenters. The standard InChI is InChI=1S/C9H13ClN2O/c1-3-4-5-13-9-6-8(10)11-7(2)12-9/h6H,3-5H2,1-2H3. The highest BCUT2D eigenvalue weighted by atomic mass is 35.5. The highest BCUT2D eigenvalue weighted by Crippen LogP contribution is 2.13. The van der Waals surface area contributed by atoms with Gasteiger partial charge in [-0.1, -0.05) is 24.9 Å². The topological polar surface area (TPSA) is 35.0 Å². The number of aryl methyl sites for hydroxylation is 1. The average molecular weight is 201 g/mol. The fourth-order valence-corrected chi connectivity index (χ4v) is 1.12. The van der Waals surface area contributed by atoms with Gasteiger partial charge >= 0.3 is 0 Å². The Balaban J connectivity index is 2.56. The van der Waals surface area contributed by atoms with E-state index >= 15 is 0 Å². The van der Waals surface area contributed by atoms with E-state index in [-0.39, 0.29) is 0 Å². The van der Waals surface area contributed by atoms with Gasteiger partial charge in [-0.3, -0.25) is 0 Å². The first-order valence-corrected chi connectivity index (χ1v) is 4.74. The van der Waals surface area contributed by atoms with E-state index in [0.717, 1.165) is 12.8 Å².